The van der Waals surface area contributed by atoms with Crippen LogP contribution < -0.4 is 20.3 Å². The number of fused-ring (bicyclic) bond motifs is 1. The zero-order valence-corrected chi connectivity index (χ0v) is 21.1. The standard InChI is InChI=1S/C26H27FN6O2S/c1-16(18-4-6-19(27)7-5-18)26(3)15-28-12-13-33(26)24-29-11-10-23(32-24)35-20-8-9-21-22(14-20)36-25(31-21)30-17(2)34/h4-11,14,16,28H,12-13,15H2,1-3H3,(H,30,31,34)/t16-,26+/m1/s1. The second kappa shape index (κ2) is 9.79. The lowest BCUT2D eigenvalue weighted by Crippen LogP contribution is -2.62. The van der Waals surface area contributed by atoms with E-state index in [0.29, 0.717) is 22.7 Å². The normalized spacial score (nSPS) is 18.7. The van der Waals surface area contributed by atoms with Crippen molar-refractivity contribution in [3.63, 3.8) is 0 Å². The van der Waals surface area contributed by atoms with Gasteiger partial charge in [-0.3, -0.25) is 4.79 Å². The Labute approximate surface area is 212 Å². The fraction of sp³-hybridized carbons (Fsp3) is 0.308. The Morgan fingerprint density at radius 3 is 2.81 bits per heavy atom. The molecular formula is C26H27FN6O2S. The van der Waals surface area contributed by atoms with E-state index in [2.05, 4.69) is 39.3 Å². The first kappa shape index (κ1) is 24.1. The molecule has 2 N–H and O–H groups in total. The number of benzene rings is 2. The van der Waals surface area contributed by atoms with E-state index in [1.54, 1.807) is 12.3 Å². The number of nitrogens with zero attached hydrogens (tertiary/aromatic N) is 4. The largest absolute Gasteiger partial charge is 0.439 e. The van der Waals surface area contributed by atoms with Crippen molar-refractivity contribution in [2.45, 2.75) is 32.2 Å². The molecular weight excluding hydrogens is 479 g/mol. The van der Waals surface area contributed by atoms with E-state index in [4.69, 9.17) is 9.72 Å². The predicted molar refractivity (Wildman–Crippen MR) is 139 cm³/mol. The fourth-order valence-corrected chi connectivity index (χ4v) is 5.46. The summed E-state index contributed by atoms with van der Waals surface area (Å²) < 4.78 is 20.5. The van der Waals surface area contributed by atoms with Gasteiger partial charge in [-0.15, -0.1) is 0 Å². The molecule has 0 aliphatic carbocycles. The molecule has 0 unspecified atom stereocenters. The third-order valence-corrected chi connectivity index (χ3v) is 7.57. The van der Waals surface area contributed by atoms with Crippen LogP contribution in [0.1, 0.15) is 32.3 Å². The number of thiazole rings is 1. The predicted octanol–water partition coefficient (Wildman–Crippen LogP) is 4.95. The number of rotatable bonds is 6. The smallest absolute Gasteiger partial charge is 0.229 e. The molecule has 3 heterocycles. The first-order valence-electron chi connectivity index (χ1n) is 11.7. The van der Waals surface area contributed by atoms with Crippen molar-refractivity contribution in [2.75, 3.05) is 29.9 Å². The number of hydrogen-bond donors (Lipinski definition) is 2. The highest BCUT2D eigenvalue weighted by molar-refractivity contribution is 7.22. The van der Waals surface area contributed by atoms with Crippen LogP contribution in [0.15, 0.2) is 54.7 Å². The van der Waals surface area contributed by atoms with Crippen LogP contribution in [-0.4, -0.2) is 46.0 Å². The Morgan fingerprint density at radius 2 is 2.03 bits per heavy atom. The number of hydrogen-bond acceptors (Lipinski definition) is 8. The molecule has 1 amide bonds. The number of halogens is 1. The zero-order valence-electron chi connectivity index (χ0n) is 20.3. The summed E-state index contributed by atoms with van der Waals surface area (Å²) in [6.45, 7) is 8.04. The zero-order chi connectivity index (χ0) is 25.3. The lowest BCUT2D eigenvalue weighted by molar-refractivity contribution is -0.114. The van der Waals surface area contributed by atoms with Gasteiger partial charge in [-0.2, -0.15) is 4.98 Å². The summed E-state index contributed by atoms with van der Waals surface area (Å²) >= 11 is 1.38. The molecule has 0 spiro atoms. The summed E-state index contributed by atoms with van der Waals surface area (Å²) in [4.78, 5) is 27.3. The van der Waals surface area contributed by atoms with Crippen LogP contribution in [0.25, 0.3) is 10.2 Å². The van der Waals surface area contributed by atoms with Crippen molar-refractivity contribution >= 4 is 38.5 Å². The van der Waals surface area contributed by atoms with E-state index in [1.807, 2.05) is 30.3 Å². The molecule has 1 saturated heterocycles. The minimum atomic E-state index is -0.337. The molecule has 1 fully saturated rings. The monoisotopic (exact) mass is 506 g/mol. The Bertz CT molecular complexity index is 1390. The molecule has 10 heteroatoms. The SMILES string of the molecule is CC(=O)Nc1nc2ccc(Oc3ccnc(N4CCNC[C@@]4(C)[C@H](C)c4ccc(F)cc4)n3)cc2s1. The number of aromatic nitrogens is 3. The van der Waals surface area contributed by atoms with Gasteiger partial charge in [0, 0.05) is 50.8 Å². The van der Waals surface area contributed by atoms with Gasteiger partial charge in [-0.05, 0) is 36.8 Å². The number of carbonyl (C=O) groups is 1. The van der Waals surface area contributed by atoms with Gasteiger partial charge in [-0.1, -0.05) is 30.4 Å². The highest BCUT2D eigenvalue weighted by atomic mass is 32.1. The van der Waals surface area contributed by atoms with Gasteiger partial charge >= 0.3 is 0 Å². The Hall–Kier alpha value is -3.63. The first-order chi connectivity index (χ1) is 17.3. The second-order valence-corrected chi connectivity index (χ2v) is 10.1. The van der Waals surface area contributed by atoms with Crippen molar-refractivity contribution in [2.24, 2.45) is 0 Å². The highest BCUT2D eigenvalue weighted by Crippen LogP contribution is 2.37. The molecule has 0 radical (unpaired) electrons. The summed E-state index contributed by atoms with van der Waals surface area (Å²) in [6.07, 6.45) is 1.70. The number of ether oxygens (including phenoxy) is 1. The molecule has 5 rings (SSSR count). The van der Waals surface area contributed by atoms with Gasteiger partial charge in [0.15, 0.2) is 5.13 Å². The summed E-state index contributed by atoms with van der Waals surface area (Å²) in [7, 11) is 0. The second-order valence-electron chi connectivity index (χ2n) is 9.09. The van der Waals surface area contributed by atoms with Crippen LogP contribution in [0.3, 0.4) is 0 Å². The molecule has 0 saturated carbocycles. The lowest BCUT2D eigenvalue weighted by atomic mass is 9.79. The average molecular weight is 507 g/mol. The van der Waals surface area contributed by atoms with Crippen molar-refractivity contribution < 1.29 is 13.9 Å². The van der Waals surface area contributed by atoms with Crippen LogP contribution in [0.4, 0.5) is 15.5 Å². The van der Waals surface area contributed by atoms with E-state index in [1.165, 1.54) is 30.4 Å². The van der Waals surface area contributed by atoms with Gasteiger partial charge in [-0.25, -0.2) is 14.4 Å². The van der Waals surface area contributed by atoms with Crippen molar-refractivity contribution in [3.05, 3.63) is 66.1 Å². The number of amides is 1. The van der Waals surface area contributed by atoms with E-state index < -0.39 is 0 Å². The lowest BCUT2D eigenvalue weighted by Gasteiger charge is -2.49. The quantitative estimate of drug-likeness (QED) is 0.382. The molecule has 8 nitrogen and oxygen atoms in total. The number of nitrogens with one attached hydrogen (secondary N) is 2. The number of carbonyl (C=O) groups excluding carboxylic acids is 1. The van der Waals surface area contributed by atoms with E-state index in [0.717, 1.165) is 35.4 Å². The molecule has 36 heavy (non-hydrogen) atoms. The molecule has 1 aliphatic heterocycles. The Morgan fingerprint density at radius 1 is 1.22 bits per heavy atom. The van der Waals surface area contributed by atoms with Gasteiger partial charge in [0.25, 0.3) is 0 Å². The van der Waals surface area contributed by atoms with E-state index in [-0.39, 0.29) is 23.2 Å². The first-order valence-corrected chi connectivity index (χ1v) is 12.6. The Balaban J connectivity index is 1.40. The maximum atomic E-state index is 13.5. The molecule has 2 atom stereocenters. The van der Waals surface area contributed by atoms with Gasteiger partial charge in [0.2, 0.25) is 17.7 Å². The van der Waals surface area contributed by atoms with Gasteiger partial charge in [0.05, 0.1) is 15.8 Å². The molecule has 4 aromatic rings. The summed E-state index contributed by atoms with van der Waals surface area (Å²) in [5, 5.41) is 6.75. The molecule has 1 aliphatic rings. The average Bonchev–Trinajstić information content (AvgIpc) is 3.25. The van der Waals surface area contributed by atoms with E-state index in [9.17, 15) is 9.18 Å². The third kappa shape index (κ3) is 4.87. The van der Waals surface area contributed by atoms with Gasteiger partial charge in [0.1, 0.15) is 11.6 Å². The van der Waals surface area contributed by atoms with Crippen molar-refractivity contribution in [1.29, 1.82) is 0 Å². The maximum absolute atomic E-state index is 13.5. The molecule has 186 valence electrons. The van der Waals surface area contributed by atoms with E-state index >= 15 is 0 Å². The molecule has 2 aromatic carbocycles. The van der Waals surface area contributed by atoms with Crippen LogP contribution in [-0.2, 0) is 4.79 Å². The van der Waals surface area contributed by atoms with Crippen molar-refractivity contribution in [3.8, 4) is 11.6 Å². The van der Waals surface area contributed by atoms with Crippen LogP contribution >= 0.6 is 11.3 Å². The van der Waals surface area contributed by atoms with Crippen LogP contribution in [0, 0.1) is 5.82 Å². The highest BCUT2D eigenvalue weighted by Gasteiger charge is 2.41. The third-order valence-electron chi connectivity index (χ3n) is 6.64. The summed E-state index contributed by atoms with van der Waals surface area (Å²) in [5.74, 6) is 1.32. The minimum Gasteiger partial charge on any atom is -0.439 e. The van der Waals surface area contributed by atoms with Gasteiger partial charge < -0.3 is 20.3 Å². The Kier molecular flexibility index (Phi) is 6.55. The maximum Gasteiger partial charge on any atom is 0.229 e. The molecule has 0 bridgehead atoms. The molecule has 2 aromatic heterocycles. The summed E-state index contributed by atoms with van der Waals surface area (Å²) in [5.41, 5.74) is 1.50. The number of anilines is 2. The van der Waals surface area contributed by atoms with Crippen LogP contribution in [0.2, 0.25) is 0 Å². The topological polar surface area (TPSA) is 92.3 Å². The van der Waals surface area contributed by atoms with Crippen LogP contribution in [0.5, 0.6) is 11.6 Å². The van der Waals surface area contributed by atoms with Crippen molar-refractivity contribution in [1.82, 2.24) is 20.3 Å². The fourth-order valence-electron chi connectivity index (χ4n) is 4.52. The minimum absolute atomic E-state index is 0.0885. The summed E-state index contributed by atoms with van der Waals surface area (Å²) in [6, 6.07) is 14.0. The number of piperazine rings is 1.